The summed E-state index contributed by atoms with van der Waals surface area (Å²) in [5.41, 5.74) is 8.35. The standard InChI is InChI=1S/C11H12N4/c1-8-14-10(7-12)6-11(15-8)9-2-4-13-5-3-9/h2-6H,7,12H2,1H3. The lowest BCUT2D eigenvalue weighted by molar-refractivity contribution is 0.929. The molecule has 0 spiro atoms. The van der Waals surface area contributed by atoms with Crippen LogP contribution in [-0.4, -0.2) is 15.0 Å². The smallest absolute Gasteiger partial charge is 0.126 e. The van der Waals surface area contributed by atoms with Crippen LogP contribution in [-0.2, 0) is 6.54 Å². The Balaban J connectivity index is 2.49. The molecule has 0 atom stereocenters. The molecule has 0 amide bonds. The van der Waals surface area contributed by atoms with Crippen molar-refractivity contribution in [2.24, 2.45) is 5.73 Å². The Bertz CT molecular complexity index is 453. The summed E-state index contributed by atoms with van der Waals surface area (Å²) in [6.07, 6.45) is 3.49. The molecule has 0 saturated heterocycles. The van der Waals surface area contributed by atoms with Crippen LogP contribution in [0.4, 0.5) is 0 Å². The quantitative estimate of drug-likeness (QED) is 0.793. The number of pyridine rings is 1. The zero-order chi connectivity index (χ0) is 10.7. The number of nitrogens with zero attached hydrogens (tertiary/aromatic N) is 3. The molecule has 4 heteroatoms. The number of rotatable bonds is 2. The first-order valence-electron chi connectivity index (χ1n) is 4.74. The lowest BCUT2D eigenvalue weighted by Crippen LogP contribution is -2.03. The van der Waals surface area contributed by atoms with E-state index >= 15 is 0 Å². The molecular weight excluding hydrogens is 188 g/mol. The molecule has 0 radical (unpaired) electrons. The number of nitrogens with two attached hydrogens (primary N) is 1. The highest BCUT2D eigenvalue weighted by molar-refractivity contribution is 5.58. The fraction of sp³-hybridized carbons (Fsp3) is 0.182. The van der Waals surface area contributed by atoms with Crippen LogP contribution in [0.5, 0.6) is 0 Å². The summed E-state index contributed by atoms with van der Waals surface area (Å²) >= 11 is 0. The van der Waals surface area contributed by atoms with E-state index in [1.165, 1.54) is 0 Å². The zero-order valence-electron chi connectivity index (χ0n) is 8.51. The van der Waals surface area contributed by atoms with Gasteiger partial charge in [0, 0.05) is 24.5 Å². The van der Waals surface area contributed by atoms with E-state index in [0.29, 0.717) is 6.54 Å². The van der Waals surface area contributed by atoms with Crippen molar-refractivity contribution in [1.29, 1.82) is 0 Å². The molecule has 0 aliphatic heterocycles. The van der Waals surface area contributed by atoms with Gasteiger partial charge in [-0.3, -0.25) is 4.98 Å². The second kappa shape index (κ2) is 4.14. The van der Waals surface area contributed by atoms with Crippen LogP contribution >= 0.6 is 0 Å². The van der Waals surface area contributed by atoms with Crippen LogP contribution in [0.25, 0.3) is 11.3 Å². The van der Waals surface area contributed by atoms with Crippen LogP contribution in [0.15, 0.2) is 30.6 Å². The van der Waals surface area contributed by atoms with Gasteiger partial charge in [0.15, 0.2) is 0 Å². The first-order valence-corrected chi connectivity index (χ1v) is 4.74. The second-order valence-corrected chi connectivity index (χ2v) is 3.23. The SMILES string of the molecule is Cc1nc(CN)cc(-c2ccncc2)n1. The molecule has 2 aromatic rings. The fourth-order valence-corrected chi connectivity index (χ4v) is 1.40. The topological polar surface area (TPSA) is 64.7 Å². The highest BCUT2D eigenvalue weighted by Crippen LogP contribution is 2.16. The Morgan fingerprint density at radius 1 is 1.20 bits per heavy atom. The molecular formula is C11H12N4. The highest BCUT2D eigenvalue weighted by atomic mass is 14.9. The van der Waals surface area contributed by atoms with Gasteiger partial charge in [0.05, 0.1) is 11.4 Å². The Morgan fingerprint density at radius 2 is 1.93 bits per heavy atom. The van der Waals surface area contributed by atoms with E-state index in [0.717, 1.165) is 22.8 Å². The van der Waals surface area contributed by atoms with E-state index in [-0.39, 0.29) is 0 Å². The van der Waals surface area contributed by atoms with Crippen LogP contribution in [0.3, 0.4) is 0 Å². The molecule has 76 valence electrons. The minimum Gasteiger partial charge on any atom is -0.325 e. The van der Waals surface area contributed by atoms with Gasteiger partial charge in [0.25, 0.3) is 0 Å². The predicted octanol–water partition coefficient (Wildman–Crippen LogP) is 1.31. The third kappa shape index (κ3) is 2.16. The number of aryl methyl sites for hydroxylation is 1. The van der Waals surface area contributed by atoms with Gasteiger partial charge in [0.1, 0.15) is 5.82 Å². The van der Waals surface area contributed by atoms with E-state index in [2.05, 4.69) is 15.0 Å². The van der Waals surface area contributed by atoms with E-state index in [9.17, 15) is 0 Å². The summed E-state index contributed by atoms with van der Waals surface area (Å²) in [6.45, 7) is 2.30. The predicted molar refractivity (Wildman–Crippen MR) is 57.9 cm³/mol. The van der Waals surface area contributed by atoms with Gasteiger partial charge in [0.2, 0.25) is 0 Å². The van der Waals surface area contributed by atoms with E-state index < -0.39 is 0 Å². The molecule has 0 fully saturated rings. The summed E-state index contributed by atoms with van der Waals surface area (Å²) in [5, 5.41) is 0. The molecule has 0 unspecified atom stereocenters. The maximum atomic E-state index is 5.56. The maximum absolute atomic E-state index is 5.56. The Hall–Kier alpha value is -1.81. The molecule has 2 heterocycles. The molecule has 15 heavy (non-hydrogen) atoms. The number of hydrogen-bond acceptors (Lipinski definition) is 4. The largest absolute Gasteiger partial charge is 0.325 e. The van der Waals surface area contributed by atoms with Crippen LogP contribution in [0.1, 0.15) is 11.5 Å². The van der Waals surface area contributed by atoms with Gasteiger partial charge in [-0.2, -0.15) is 0 Å². The molecule has 0 aromatic carbocycles. The van der Waals surface area contributed by atoms with Gasteiger partial charge in [-0.25, -0.2) is 9.97 Å². The van der Waals surface area contributed by atoms with Gasteiger partial charge in [-0.05, 0) is 25.1 Å². The van der Waals surface area contributed by atoms with E-state index in [4.69, 9.17) is 5.73 Å². The molecule has 4 nitrogen and oxygen atoms in total. The monoisotopic (exact) mass is 200 g/mol. The second-order valence-electron chi connectivity index (χ2n) is 3.23. The van der Waals surface area contributed by atoms with Gasteiger partial charge in [-0.1, -0.05) is 0 Å². The Labute approximate surface area is 88.2 Å². The summed E-state index contributed by atoms with van der Waals surface area (Å²) < 4.78 is 0. The molecule has 0 bridgehead atoms. The zero-order valence-corrected chi connectivity index (χ0v) is 8.51. The third-order valence-electron chi connectivity index (χ3n) is 2.08. The molecule has 0 saturated carbocycles. The van der Waals surface area contributed by atoms with Crippen molar-refractivity contribution in [3.8, 4) is 11.3 Å². The average molecular weight is 200 g/mol. The Kier molecular flexibility index (Phi) is 2.69. The van der Waals surface area contributed by atoms with Gasteiger partial charge in [-0.15, -0.1) is 0 Å². The normalized spacial score (nSPS) is 10.3. The van der Waals surface area contributed by atoms with Crippen LogP contribution in [0, 0.1) is 6.92 Å². The van der Waals surface area contributed by atoms with Crippen molar-refractivity contribution in [3.05, 3.63) is 42.1 Å². The number of aromatic nitrogens is 3. The van der Waals surface area contributed by atoms with Crippen LogP contribution < -0.4 is 5.73 Å². The molecule has 2 N–H and O–H groups in total. The van der Waals surface area contributed by atoms with Gasteiger partial charge >= 0.3 is 0 Å². The third-order valence-corrected chi connectivity index (χ3v) is 2.08. The van der Waals surface area contributed by atoms with Crippen molar-refractivity contribution >= 4 is 0 Å². The van der Waals surface area contributed by atoms with Crippen molar-refractivity contribution in [1.82, 2.24) is 15.0 Å². The maximum Gasteiger partial charge on any atom is 0.126 e. The summed E-state index contributed by atoms with van der Waals surface area (Å²) in [4.78, 5) is 12.6. The first kappa shape index (κ1) is 9.73. The van der Waals surface area contributed by atoms with Crippen molar-refractivity contribution in [2.75, 3.05) is 0 Å². The van der Waals surface area contributed by atoms with E-state index in [1.807, 2.05) is 25.1 Å². The number of hydrogen-bond donors (Lipinski definition) is 1. The summed E-state index contributed by atoms with van der Waals surface area (Å²) in [5.74, 6) is 0.741. The minimum absolute atomic E-state index is 0.432. The lowest BCUT2D eigenvalue weighted by Gasteiger charge is -2.04. The van der Waals surface area contributed by atoms with Crippen molar-refractivity contribution in [2.45, 2.75) is 13.5 Å². The van der Waals surface area contributed by atoms with E-state index in [1.54, 1.807) is 12.4 Å². The average Bonchev–Trinajstić information content (AvgIpc) is 2.29. The van der Waals surface area contributed by atoms with Crippen LogP contribution in [0.2, 0.25) is 0 Å². The molecule has 2 rings (SSSR count). The molecule has 2 aromatic heterocycles. The first-order chi connectivity index (χ1) is 7.29. The van der Waals surface area contributed by atoms with Crippen molar-refractivity contribution in [3.63, 3.8) is 0 Å². The molecule has 0 aliphatic rings. The summed E-state index contributed by atoms with van der Waals surface area (Å²) in [7, 11) is 0. The Morgan fingerprint density at radius 3 is 2.60 bits per heavy atom. The van der Waals surface area contributed by atoms with Gasteiger partial charge < -0.3 is 5.73 Å². The highest BCUT2D eigenvalue weighted by Gasteiger charge is 2.02. The molecule has 0 aliphatic carbocycles. The fourth-order valence-electron chi connectivity index (χ4n) is 1.40. The lowest BCUT2D eigenvalue weighted by atomic mass is 10.1. The minimum atomic E-state index is 0.432. The summed E-state index contributed by atoms with van der Waals surface area (Å²) in [6, 6.07) is 5.74. The van der Waals surface area contributed by atoms with Crippen molar-refractivity contribution < 1.29 is 0 Å².